The van der Waals surface area contributed by atoms with Crippen LogP contribution < -0.4 is 0 Å². The van der Waals surface area contributed by atoms with E-state index in [-0.39, 0.29) is 0 Å². The maximum absolute atomic E-state index is 4.30. The number of pyridine rings is 1. The lowest BCUT2D eigenvalue weighted by atomic mass is 10.1. The lowest BCUT2D eigenvalue weighted by Gasteiger charge is -2.06. The first-order valence-corrected chi connectivity index (χ1v) is 7.32. The molecule has 6 heteroatoms. The molecule has 5 nitrogen and oxygen atoms in total. The minimum Gasteiger partial charge on any atom is -0.270 e. The third-order valence-corrected chi connectivity index (χ3v) is 4.22. The monoisotopic (exact) mass is 293 g/mol. The largest absolute Gasteiger partial charge is 0.270 e. The second-order valence-electron chi connectivity index (χ2n) is 4.67. The Hall–Kier alpha value is -2.47. The van der Waals surface area contributed by atoms with Crippen LogP contribution in [0.25, 0.3) is 16.6 Å². The molecular formula is C15H11N5S. The maximum atomic E-state index is 4.30. The summed E-state index contributed by atoms with van der Waals surface area (Å²) in [5.74, 6) is 0. The second-order valence-corrected chi connectivity index (χ2v) is 5.66. The first-order chi connectivity index (χ1) is 10.3. The topological polar surface area (TPSA) is 56.0 Å². The molecule has 0 saturated heterocycles. The van der Waals surface area contributed by atoms with Crippen LogP contribution in [0, 0.1) is 6.92 Å². The number of benzene rings is 1. The van der Waals surface area contributed by atoms with E-state index in [0.717, 1.165) is 21.3 Å². The molecule has 0 spiro atoms. The van der Waals surface area contributed by atoms with Crippen molar-refractivity contribution in [1.29, 1.82) is 0 Å². The Kier molecular flexibility index (Phi) is 2.82. The first kappa shape index (κ1) is 12.3. The highest BCUT2D eigenvalue weighted by atomic mass is 32.2. The average Bonchev–Trinajstić information content (AvgIpc) is 2.91. The molecule has 4 aromatic rings. The summed E-state index contributed by atoms with van der Waals surface area (Å²) in [6, 6.07) is 12.2. The molecule has 0 radical (unpaired) electrons. The lowest BCUT2D eigenvalue weighted by molar-refractivity contribution is 0.932. The van der Waals surface area contributed by atoms with E-state index in [1.165, 1.54) is 29.0 Å². The fourth-order valence-corrected chi connectivity index (χ4v) is 3.15. The van der Waals surface area contributed by atoms with E-state index in [1.807, 2.05) is 18.2 Å². The first-order valence-electron chi connectivity index (χ1n) is 6.50. The van der Waals surface area contributed by atoms with Crippen molar-refractivity contribution in [3.8, 4) is 0 Å². The maximum Gasteiger partial charge on any atom is 0.202 e. The van der Waals surface area contributed by atoms with Crippen molar-refractivity contribution < 1.29 is 0 Å². The molecule has 0 atom stereocenters. The average molecular weight is 293 g/mol. The molecule has 0 aliphatic rings. The molecule has 0 bridgehead atoms. The molecule has 0 amide bonds. The Bertz CT molecular complexity index is 933. The Morgan fingerprint density at radius 3 is 2.86 bits per heavy atom. The Balaban J connectivity index is 1.97. The number of hydrogen-bond acceptors (Lipinski definition) is 5. The predicted octanol–water partition coefficient (Wildman–Crippen LogP) is 3.13. The van der Waals surface area contributed by atoms with Crippen molar-refractivity contribution >= 4 is 28.3 Å². The zero-order valence-electron chi connectivity index (χ0n) is 11.3. The van der Waals surface area contributed by atoms with E-state index in [9.17, 15) is 0 Å². The summed E-state index contributed by atoms with van der Waals surface area (Å²) < 4.78 is 2.06. The van der Waals surface area contributed by atoms with E-state index in [4.69, 9.17) is 0 Å². The molecule has 21 heavy (non-hydrogen) atoms. The Labute approximate surface area is 125 Å². The lowest BCUT2D eigenvalue weighted by Crippen LogP contribution is -1.93. The molecule has 0 fully saturated rings. The van der Waals surface area contributed by atoms with Gasteiger partial charge in [0.15, 0.2) is 5.65 Å². The van der Waals surface area contributed by atoms with Gasteiger partial charge in [0.1, 0.15) is 11.4 Å². The van der Waals surface area contributed by atoms with Crippen molar-refractivity contribution in [3.63, 3.8) is 0 Å². The van der Waals surface area contributed by atoms with E-state index < -0.39 is 0 Å². The number of hydrogen-bond donors (Lipinski definition) is 0. The molecule has 0 aliphatic heterocycles. The van der Waals surface area contributed by atoms with Crippen molar-refractivity contribution in [2.45, 2.75) is 17.1 Å². The SMILES string of the molecule is Cc1cc2nnc(Sc3ccncn3)n2c2ccccc12. The molecule has 0 saturated carbocycles. The molecular weight excluding hydrogens is 282 g/mol. The van der Waals surface area contributed by atoms with Crippen LogP contribution in [0.1, 0.15) is 5.56 Å². The van der Waals surface area contributed by atoms with E-state index in [0.29, 0.717) is 0 Å². The summed E-state index contributed by atoms with van der Waals surface area (Å²) in [5.41, 5.74) is 3.15. The van der Waals surface area contributed by atoms with Crippen LogP contribution in [0.3, 0.4) is 0 Å². The quantitative estimate of drug-likeness (QED) is 0.531. The van der Waals surface area contributed by atoms with Gasteiger partial charge >= 0.3 is 0 Å². The predicted molar refractivity (Wildman–Crippen MR) is 81.4 cm³/mol. The van der Waals surface area contributed by atoms with Crippen LogP contribution in [0.5, 0.6) is 0 Å². The second kappa shape index (κ2) is 4.82. The molecule has 1 aromatic carbocycles. The summed E-state index contributed by atoms with van der Waals surface area (Å²) in [6.07, 6.45) is 3.26. The van der Waals surface area contributed by atoms with E-state index >= 15 is 0 Å². The summed E-state index contributed by atoms with van der Waals surface area (Å²) in [4.78, 5) is 8.16. The van der Waals surface area contributed by atoms with Crippen molar-refractivity contribution in [1.82, 2.24) is 24.6 Å². The number of fused-ring (bicyclic) bond motifs is 3. The highest BCUT2D eigenvalue weighted by molar-refractivity contribution is 7.99. The molecule has 102 valence electrons. The van der Waals surface area contributed by atoms with E-state index in [2.05, 4.69) is 49.7 Å². The zero-order chi connectivity index (χ0) is 14.2. The molecule has 0 N–H and O–H groups in total. The minimum atomic E-state index is 0.805. The Morgan fingerprint density at radius 2 is 2.00 bits per heavy atom. The summed E-state index contributed by atoms with van der Waals surface area (Å²) in [6.45, 7) is 2.09. The highest BCUT2D eigenvalue weighted by Crippen LogP contribution is 2.28. The number of aromatic nitrogens is 5. The number of para-hydroxylation sites is 1. The summed E-state index contributed by atoms with van der Waals surface area (Å²) >= 11 is 1.48. The van der Waals surface area contributed by atoms with E-state index in [1.54, 1.807) is 6.20 Å². The van der Waals surface area contributed by atoms with Gasteiger partial charge in [0.2, 0.25) is 5.16 Å². The van der Waals surface area contributed by atoms with Gasteiger partial charge in [0.05, 0.1) is 5.52 Å². The number of aryl methyl sites for hydroxylation is 1. The zero-order valence-corrected chi connectivity index (χ0v) is 12.1. The van der Waals surface area contributed by atoms with Crippen molar-refractivity contribution in [3.05, 3.63) is 54.5 Å². The van der Waals surface area contributed by atoms with Gasteiger partial charge < -0.3 is 0 Å². The van der Waals surface area contributed by atoms with Gasteiger partial charge in [0.25, 0.3) is 0 Å². The molecule has 3 aromatic heterocycles. The van der Waals surface area contributed by atoms with Gasteiger partial charge in [-0.3, -0.25) is 4.40 Å². The number of nitrogens with zero attached hydrogens (tertiary/aromatic N) is 5. The summed E-state index contributed by atoms with van der Waals surface area (Å²) in [7, 11) is 0. The molecule has 3 heterocycles. The van der Waals surface area contributed by atoms with Gasteiger partial charge in [-0.25, -0.2) is 9.97 Å². The highest BCUT2D eigenvalue weighted by Gasteiger charge is 2.12. The van der Waals surface area contributed by atoms with Gasteiger partial charge in [-0.05, 0) is 42.4 Å². The van der Waals surface area contributed by atoms with Gasteiger partial charge in [0, 0.05) is 11.6 Å². The fraction of sp³-hybridized carbons (Fsp3) is 0.0667. The smallest absolute Gasteiger partial charge is 0.202 e. The normalized spacial score (nSPS) is 11.3. The minimum absolute atomic E-state index is 0.805. The summed E-state index contributed by atoms with van der Waals surface area (Å²) in [5, 5.41) is 11.4. The molecule has 4 rings (SSSR count). The van der Waals surface area contributed by atoms with Crippen molar-refractivity contribution in [2.75, 3.05) is 0 Å². The van der Waals surface area contributed by atoms with Crippen LogP contribution in [0.4, 0.5) is 0 Å². The Morgan fingerprint density at radius 1 is 1.10 bits per heavy atom. The number of rotatable bonds is 2. The van der Waals surface area contributed by atoms with Crippen LogP contribution in [-0.2, 0) is 0 Å². The standard InChI is InChI=1S/C15H11N5S/c1-10-8-13-18-19-15(21-14-6-7-16-9-17-14)20(13)12-5-3-2-4-11(10)12/h2-9H,1H3. The third kappa shape index (κ3) is 2.04. The van der Waals surface area contributed by atoms with Crippen LogP contribution in [0.15, 0.2) is 59.1 Å². The van der Waals surface area contributed by atoms with Crippen LogP contribution in [-0.4, -0.2) is 24.6 Å². The van der Waals surface area contributed by atoms with Gasteiger partial charge in [-0.2, -0.15) is 0 Å². The third-order valence-electron chi connectivity index (χ3n) is 3.32. The molecule has 0 unspecified atom stereocenters. The van der Waals surface area contributed by atoms with Gasteiger partial charge in [-0.1, -0.05) is 18.2 Å². The fourth-order valence-electron chi connectivity index (χ4n) is 2.37. The molecule has 0 aliphatic carbocycles. The van der Waals surface area contributed by atoms with Gasteiger partial charge in [-0.15, -0.1) is 10.2 Å². The van der Waals surface area contributed by atoms with Crippen LogP contribution in [0.2, 0.25) is 0 Å². The van der Waals surface area contributed by atoms with Crippen LogP contribution >= 0.6 is 11.8 Å². The van der Waals surface area contributed by atoms with Crippen molar-refractivity contribution in [2.24, 2.45) is 0 Å².